The number of hydrogen-bond donors (Lipinski definition) is 1. The Bertz CT molecular complexity index is 720. The van der Waals surface area contributed by atoms with Crippen molar-refractivity contribution in [3.63, 3.8) is 0 Å². The number of amides is 1. The standard InChI is InChI=1S/C23H31NO2S/c1-17(2)27(18(3)4)22-12-11-21(15-19(22)5)26-14-13-23(25)24-16-20-9-7-6-8-10-20/h6-12,15,17-18H,13-14,16H2,1-5H3/p+1. The summed E-state index contributed by atoms with van der Waals surface area (Å²) >= 11 is 0. The van der Waals surface area contributed by atoms with E-state index >= 15 is 0 Å². The van der Waals surface area contributed by atoms with Crippen molar-refractivity contribution in [1.29, 1.82) is 0 Å². The maximum Gasteiger partial charge on any atom is 0.223 e. The molecule has 2 rings (SSSR count). The van der Waals surface area contributed by atoms with E-state index < -0.39 is 0 Å². The molecule has 0 aliphatic carbocycles. The van der Waals surface area contributed by atoms with Crippen LogP contribution in [0.2, 0.25) is 0 Å². The van der Waals surface area contributed by atoms with Gasteiger partial charge in [0, 0.05) is 23.0 Å². The van der Waals surface area contributed by atoms with E-state index in [1.54, 1.807) is 0 Å². The molecule has 0 unspecified atom stereocenters. The number of hydrogen-bond acceptors (Lipinski definition) is 2. The lowest BCUT2D eigenvalue weighted by molar-refractivity contribution is -0.121. The molecule has 2 aromatic carbocycles. The van der Waals surface area contributed by atoms with E-state index in [0.29, 0.717) is 30.1 Å². The maximum atomic E-state index is 12.0. The summed E-state index contributed by atoms with van der Waals surface area (Å²) < 4.78 is 5.81. The predicted molar refractivity (Wildman–Crippen MR) is 115 cm³/mol. The lowest BCUT2D eigenvalue weighted by atomic mass is 10.2. The molecule has 27 heavy (non-hydrogen) atoms. The Morgan fingerprint density at radius 1 is 1.04 bits per heavy atom. The molecule has 146 valence electrons. The highest BCUT2D eigenvalue weighted by molar-refractivity contribution is 7.98. The predicted octanol–water partition coefficient (Wildman–Crippen LogP) is 4.87. The Morgan fingerprint density at radius 2 is 1.70 bits per heavy atom. The van der Waals surface area contributed by atoms with E-state index in [9.17, 15) is 4.79 Å². The second-order valence-corrected chi connectivity index (χ2v) is 10.3. The average Bonchev–Trinajstić information content (AvgIpc) is 2.62. The molecule has 0 aromatic heterocycles. The van der Waals surface area contributed by atoms with Crippen molar-refractivity contribution < 1.29 is 9.53 Å². The van der Waals surface area contributed by atoms with E-state index in [1.165, 1.54) is 10.5 Å². The number of benzene rings is 2. The number of nitrogens with one attached hydrogen (secondary N) is 1. The fourth-order valence-corrected chi connectivity index (χ4v) is 5.94. The van der Waals surface area contributed by atoms with Gasteiger partial charge in [-0.1, -0.05) is 30.3 Å². The van der Waals surface area contributed by atoms with Crippen molar-refractivity contribution in [2.24, 2.45) is 0 Å². The van der Waals surface area contributed by atoms with Gasteiger partial charge in [-0.15, -0.1) is 0 Å². The van der Waals surface area contributed by atoms with Crippen LogP contribution in [0.5, 0.6) is 5.75 Å². The summed E-state index contributed by atoms with van der Waals surface area (Å²) in [4.78, 5) is 13.4. The van der Waals surface area contributed by atoms with Crippen LogP contribution in [0.3, 0.4) is 0 Å². The molecule has 3 nitrogen and oxygen atoms in total. The molecular weight excluding hydrogens is 354 g/mol. The SMILES string of the molecule is Cc1cc(OCCC(=O)NCc2ccccc2)ccc1[S+](C(C)C)C(C)C. The zero-order chi connectivity index (χ0) is 19.8. The maximum absolute atomic E-state index is 12.0. The van der Waals surface area contributed by atoms with E-state index in [2.05, 4.69) is 52.1 Å². The molecule has 0 radical (unpaired) electrons. The molecule has 0 aliphatic heterocycles. The minimum absolute atomic E-state index is 0.00774. The van der Waals surface area contributed by atoms with Crippen LogP contribution in [0.1, 0.15) is 45.2 Å². The zero-order valence-electron chi connectivity index (χ0n) is 17.1. The minimum atomic E-state index is 0.00774. The zero-order valence-corrected chi connectivity index (χ0v) is 17.9. The van der Waals surface area contributed by atoms with Crippen LogP contribution in [-0.4, -0.2) is 23.0 Å². The first-order valence-electron chi connectivity index (χ1n) is 9.64. The van der Waals surface area contributed by atoms with Gasteiger partial charge in [0.2, 0.25) is 5.91 Å². The van der Waals surface area contributed by atoms with Crippen molar-refractivity contribution in [1.82, 2.24) is 5.32 Å². The first kappa shape index (κ1) is 21.4. The molecule has 4 heteroatoms. The largest absolute Gasteiger partial charge is 0.493 e. The summed E-state index contributed by atoms with van der Waals surface area (Å²) in [6.07, 6.45) is 0.357. The van der Waals surface area contributed by atoms with E-state index in [1.807, 2.05) is 36.4 Å². The Balaban J connectivity index is 1.84. The quantitative estimate of drug-likeness (QED) is 0.624. The van der Waals surface area contributed by atoms with Crippen LogP contribution in [0, 0.1) is 6.92 Å². The Hall–Kier alpha value is -1.94. The highest BCUT2D eigenvalue weighted by Gasteiger charge is 2.31. The van der Waals surface area contributed by atoms with Crippen LogP contribution in [0.15, 0.2) is 53.4 Å². The summed E-state index contributed by atoms with van der Waals surface area (Å²) in [6, 6.07) is 16.3. The smallest absolute Gasteiger partial charge is 0.223 e. The van der Waals surface area contributed by atoms with Gasteiger partial charge in [-0.3, -0.25) is 4.79 Å². The third-order valence-corrected chi connectivity index (χ3v) is 7.34. The van der Waals surface area contributed by atoms with Crippen molar-refractivity contribution in [3.8, 4) is 5.75 Å². The molecule has 0 saturated heterocycles. The molecule has 0 spiro atoms. The number of rotatable bonds is 9. The average molecular weight is 387 g/mol. The summed E-state index contributed by atoms with van der Waals surface area (Å²) in [5, 5.41) is 4.18. The van der Waals surface area contributed by atoms with Crippen molar-refractivity contribution >= 4 is 16.8 Å². The van der Waals surface area contributed by atoms with Crippen LogP contribution in [-0.2, 0) is 22.2 Å². The van der Waals surface area contributed by atoms with Gasteiger partial charge in [0.05, 0.1) is 13.0 Å². The summed E-state index contributed by atoms with van der Waals surface area (Å²) in [7, 11) is 0.235. The third-order valence-electron chi connectivity index (χ3n) is 4.35. The minimum Gasteiger partial charge on any atom is -0.493 e. The van der Waals surface area contributed by atoms with E-state index in [-0.39, 0.29) is 16.8 Å². The van der Waals surface area contributed by atoms with Crippen LogP contribution < -0.4 is 10.1 Å². The Kier molecular flexibility index (Phi) is 8.23. The van der Waals surface area contributed by atoms with E-state index in [4.69, 9.17) is 4.74 Å². The summed E-state index contributed by atoms with van der Waals surface area (Å²) in [5.41, 5.74) is 2.37. The normalized spacial score (nSPS) is 11.3. The number of aryl methyl sites for hydroxylation is 1. The molecule has 2 aromatic rings. The van der Waals surface area contributed by atoms with Crippen LogP contribution in [0.25, 0.3) is 0 Å². The molecule has 0 saturated carbocycles. The molecule has 1 amide bonds. The lowest BCUT2D eigenvalue weighted by Crippen LogP contribution is -2.25. The number of ether oxygens (including phenoxy) is 1. The Labute approximate surface area is 166 Å². The molecular formula is C23H32NO2S+. The number of carbonyl (C=O) groups excluding carboxylic acids is 1. The van der Waals surface area contributed by atoms with Gasteiger partial charge in [-0.25, -0.2) is 0 Å². The van der Waals surface area contributed by atoms with Crippen molar-refractivity contribution in [2.75, 3.05) is 6.61 Å². The van der Waals surface area contributed by atoms with Gasteiger partial charge in [-0.05, 0) is 58.4 Å². The van der Waals surface area contributed by atoms with Crippen molar-refractivity contribution in [3.05, 3.63) is 59.7 Å². The fourth-order valence-electron chi connectivity index (χ4n) is 3.17. The monoisotopic (exact) mass is 386 g/mol. The summed E-state index contributed by atoms with van der Waals surface area (Å²) in [6.45, 7) is 12.3. The lowest BCUT2D eigenvalue weighted by Gasteiger charge is -2.18. The van der Waals surface area contributed by atoms with Gasteiger partial charge in [0.25, 0.3) is 0 Å². The highest BCUT2D eigenvalue weighted by atomic mass is 32.2. The molecule has 0 fully saturated rings. The van der Waals surface area contributed by atoms with Crippen LogP contribution in [0.4, 0.5) is 0 Å². The molecule has 0 bridgehead atoms. The third kappa shape index (κ3) is 6.62. The van der Waals surface area contributed by atoms with Gasteiger partial charge in [-0.2, -0.15) is 0 Å². The molecule has 0 atom stereocenters. The fraction of sp³-hybridized carbons (Fsp3) is 0.435. The second kappa shape index (κ2) is 10.4. The van der Waals surface area contributed by atoms with Crippen LogP contribution >= 0.6 is 0 Å². The first-order valence-corrected chi connectivity index (χ1v) is 11.0. The van der Waals surface area contributed by atoms with Gasteiger partial charge in [0.15, 0.2) is 4.90 Å². The topological polar surface area (TPSA) is 38.3 Å². The van der Waals surface area contributed by atoms with Gasteiger partial charge in [0.1, 0.15) is 16.2 Å². The molecule has 0 aliphatic rings. The van der Waals surface area contributed by atoms with Gasteiger partial charge < -0.3 is 10.1 Å². The summed E-state index contributed by atoms with van der Waals surface area (Å²) in [5.74, 6) is 0.844. The first-order chi connectivity index (χ1) is 12.9. The Morgan fingerprint density at radius 3 is 2.30 bits per heavy atom. The highest BCUT2D eigenvalue weighted by Crippen LogP contribution is 2.29. The van der Waals surface area contributed by atoms with Gasteiger partial charge >= 0.3 is 0 Å². The second-order valence-electron chi connectivity index (χ2n) is 7.26. The van der Waals surface area contributed by atoms with E-state index in [0.717, 1.165) is 11.3 Å². The molecule has 1 N–H and O–H groups in total. The number of carbonyl (C=O) groups is 1. The molecule has 0 heterocycles. The van der Waals surface area contributed by atoms with Crippen molar-refractivity contribution in [2.45, 2.75) is 63.0 Å².